The Morgan fingerprint density at radius 2 is 1.83 bits per heavy atom. The number of likely N-dealkylation sites (tertiary alicyclic amines) is 1. The molecule has 0 unspecified atom stereocenters. The van der Waals surface area contributed by atoms with Crippen molar-refractivity contribution in [2.75, 3.05) is 40.4 Å². The lowest BCUT2D eigenvalue weighted by molar-refractivity contribution is -0.0291. The standard InChI is InChI=1S/C20H32N2O/c1-17(21(2)3)19-7-5-18(6-8-19)15-22-12-4-9-20(16-22)10-13-23-14-11-20/h5-8,17H,4,9-16H2,1-3H3/t17-/m1/s1. The maximum absolute atomic E-state index is 5.58. The van der Waals surface area contributed by atoms with Gasteiger partial charge >= 0.3 is 0 Å². The molecule has 1 atom stereocenters. The van der Waals surface area contributed by atoms with Gasteiger partial charge in [-0.1, -0.05) is 24.3 Å². The van der Waals surface area contributed by atoms with Crippen LogP contribution in [0.2, 0.25) is 0 Å². The van der Waals surface area contributed by atoms with Crippen LogP contribution in [0.25, 0.3) is 0 Å². The number of benzene rings is 1. The van der Waals surface area contributed by atoms with Crippen LogP contribution in [-0.4, -0.2) is 50.2 Å². The minimum Gasteiger partial charge on any atom is -0.381 e. The van der Waals surface area contributed by atoms with Gasteiger partial charge in [0.15, 0.2) is 0 Å². The van der Waals surface area contributed by atoms with E-state index in [-0.39, 0.29) is 0 Å². The van der Waals surface area contributed by atoms with Gasteiger partial charge in [0.1, 0.15) is 0 Å². The van der Waals surface area contributed by atoms with Crippen molar-refractivity contribution in [2.45, 2.75) is 45.2 Å². The van der Waals surface area contributed by atoms with Gasteiger partial charge in [-0.05, 0) is 69.8 Å². The van der Waals surface area contributed by atoms with Gasteiger partial charge in [0.2, 0.25) is 0 Å². The molecule has 2 aliphatic rings. The summed E-state index contributed by atoms with van der Waals surface area (Å²) in [6.45, 7) is 7.79. The molecule has 3 heteroatoms. The maximum atomic E-state index is 5.58. The van der Waals surface area contributed by atoms with E-state index in [1.807, 2.05) is 0 Å². The Morgan fingerprint density at radius 1 is 1.13 bits per heavy atom. The molecule has 0 radical (unpaired) electrons. The molecule has 0 amide bonds. The van der Waals surface area contributed by atoms with Gasteiger partial charge in [0, 0.05) is 32.3 Å². The number of piperidine rings is 1. The molecule has 128 valence electrons. The molecule has 0 N–H and O–H groups in total. The summed E-state index contributed by atoms with van der Waals surface area (Å²) in [5.74, 6) is 0. The number of rotatable bonds is 4. The highest BCUT2D eigenvalue weighted by atomic mass is 16.5. The van der Waals surface area contributed by atoms with Gasteiger partial charge in [-0.15, -0.1) is 0 Å². The first-order valence-corrected chi connectivity index (χ1v) is 9.13. The third-order valence-corrected chi connectivity index (χ3v) is 5.94. The Balaban J connectivity index is 1.60. The van der Waals surface area contributed by atoms with Crippen LogP contribution in [0.15, 0.2) is 24.3 Å². The molecule has 0 aliphatic carbocycles. The number of ether oxygens (including phenoxy) is 1. The van der Waals surface area contributed by atoms with Gasteiger partial charge in [0.05, 0.1) is 0 Å². The second kappa shape index (κ2) is 7.33. The quantitative estimate of drug-likeness (QED) is 0.842. The van der Waals surface area contributed by atoms with Crippen molar-refractivity contribution in [2.24, 2.45) is 5.41 Å². The minimum atomic E-state index is 0.476. The summed E-state index contributed by atoms with van der Waals surface area (Å²) in [5.41, 5.74) is 3.39. The Kier molecular flexibility index (Phi) is 5.40. The van der Waals surface area contributed by atoms with Crippen molar-refractivity contribution in [3.05, 3.63) is 35.4 Å². The van der Waals surface area contributed by atoms with Crippen LogP contribution >= 0.6 is 0 Å². The van der Waals surface area contributed by atoms with Crippen LogP contribution in [-0.2, 0) is 11.3 Å². The molecular formula is C20H32N2O. The molecule has 0 saturated carbocycles. The molecule has 2 heterocycles. The summed E-state index contributed by atoms with van der Waals surface area (Å²) < 4.78 is 5.58. The first-order chi connectivity index (χ1) is 11.1. The largest absolute Gasteiger partial charge is 0.381 e. The molecular weight excluding hydrogens is 284 g/mol. The zero-order chi connectivity index (χ0) is 16.3. The number of nitrogens with zero attached hydrogens (tertiary/aromatic N) is 2. The summed E-state index contributed by atoms with van der Waals surface area (Å²) in [6.07, 6.45) is 5.24. The van der Waals surface area contributed by atoms with E-state index in [1.54, 1.807) is 0 Å². The van der Waals surface area contributed by atoms with E-state index in [1.165, 1.54) is 49.9 Å². The predicted octanol–water partition coefficient (Wildman–Crippen LogP) is 3.70. The van der Waals surface area contributed by atoms with E-state index in [0.717, 1.165) is 19.8 Å². The molecule has 23 heavy (non-hydrogen) atoms. The summed E-state index contributed by atoms with van der Waals surface area (Å²) >= 11 is 0. The third kappa shape index (κ3) is 4.14. The smallest absolute Gasteiger partial charge is 0.0471 e. The lowest BCUT2D eigenvalue weighted by Gasteiger charge is -2.45. The van der Waals surface area contributed by atoms with Gasteiger partial charge in [-0.25, -0.2) is 0 Å². The predicted molar refractivity (Wildman–Crippen MR) is 95.5 cm³/mol. The average Bonchev–Trinajstić information content (AvgIpc) is 2.55. The van der Waals surface area contributed by atoms with Gasteiger partial charge in [-0.3, -0.25) is 4.90 Å². The van der Waals surface area contributed by atoms with E-state index in [0.29, 0.717) is 11.5 Å². The molecule has 2 fully saturated rings. The second-order valence-electron chi connectivity index (χ2n) is 7.81. The Bertz CT molecular complexity index is 485. The molecule has 1 spiro atoms. The topological polar surface area (TPSA) is 15.7 Å². The zero-order valence-corrected chi connectivity index (χ0v) is 15.1. The van der Waals surface area contributed by atoms with E-state index >= 15 is 0 Å². The fraction of sp³-hybridized carbons (Fsp3) is 0.700. The van der Waals surface area contributed by atoms with Crippen molar-refractivity contribution in [1.29, 1.82) is 0 Å². The first-order valence-electron chi connectivity index (χ1n) is 9.13. The van der Waals surface area contributed by atoms with Crippen LogP contribution < -0.4 is 0 Å². The zero-order valence-electron chi connectivity index (χ0n) is 15.1. The summed E-state index contributed by atoms with van der Waals surface area (Å²) in [6, 6.07) is 9.72. The van der Waals surface area contributed by atoms with Gasteiger partial charge in [0.25, 0.3) is 0 Å². The van der Waals surface area contributed by atoms with Gasteiger partial charge < -0.3 is 9.64 Å². The van der Waals surface area contributed by atoms with Crippen molar-refractivity contribution in [3.8, 4) is 0 Å². The average molecular weight is 316 g/mol. The number of hydrogen-bond acceptors (Lipinski definition) is 3. The van der Waals surface area contributed by atoms with Crippen LogP contribution in [0.5, 0.6) is 0 Å². The summed E-state index contributed by atoms with van der Waals surface area (Å²) in [7, 11) is 4.28. The lowest BCUT2D eigenvalue weighted by atomic mass is 9.74. The number of hydrogen-bond donors (Lipinski definition) is 0. The molecule has 3 rings (SSSR count). The Labute approximate surface area is 141 Å². The van der Waals surface area contributed by atoms with Crippen LogP contribution in [0.4, 0.5) is 0 Å². The van der Waals surface area contributed by atoms with E-state index in [9.17, 15) is 0 Å². The van der Waals surface area contributed by atoms with Crippen LogP contribution in [0.1, 0.15) is 49.8 Å². The molecule has 0 bridgehead atoms. The van der Waals surface area contributed by atoms with Crippen molar-refractivity contribution >= 4 is 0 Å². The fourth-order valence-electron chi connectivity index (χ4n) is 4.12. The lowest BCUT2D eigenvalue weighted by Crippen LogP contribution is -2.45. The summed E-state index contributed by atoms with van der Waals surface area (Å²) in [5, 5.41) is 0. The van der Waals surface area contributed by atoms with Crippen LogP contribution in [0, 0.1) is 5.41 Å². The van der Waals surface area contributed by atoms with E-state index < -0.39 is 0 Å². The minimum absolute atomic E-state index is 0.476. The highest BCUT2D eigenvalue weighted by molar-refractivity contribution is 5.24. The Morgan fingerprint density at radius 3 is 2.48 bits per heavy atom. The van der Waals surface area contributed by atoms with Crippen molar-refractivity contribution in [3.63, 3.8) is 0 Å². The maximum Gasteiger partial charge on any atom is 0.0471 e. The van der Waals surface area contributed by atoms with Gasteiger partial charge in [-0.2, -0.15) is 0 Å². The molecule has 1 aromatic rings. The third-order valence-electron chi connectivity index (χ3n) is 5.94. The molecule has 1 aromatic carbocycles. The molecule has 3 nitrogen and oxygen atoms in total. The SMILES string of the molecule is C[C@H](c1ccc(CN2CCCC3(CCOCC3)C2)cc1)N(C)C. The fourth-order valence-corrected chi connectivity index (χ4v) is 4.12. The highest BCUT2D eigenvalue weighted by Crippen LogP contribution is 2.39. The second-order valence-corrected chi connectivity index (χ2v) is 7.81. The normalized spacial score (nSPS) is 23.3. The first kappa shape index (κ1) is 16.9. The van der Waals surface area contributed by atoms with E-state index in [4.69, 9.17) is 4.74 Å². The highest BCUT2D eigenvalue weighted by Gasteiger charge is 2.36. The Hall–Kier alpha value is -0.900. The molecule has 2 saturated heterocycles. The van der Waals surface area contributed by atoms with Crippen molar-refractivity contribution < 1.29 is 4.74 Å². The van der Waals surface area contributed by atoms with Crippen LogP contribution in [0.3, 0.4) is 0 Å². The molecule has 0 aromatic heterocycles. The van der Waals surface area contributed by atoms with Crippen molar-refractivity contribution in [1.82, 2.24) is 9.80 Å². The molecule has 2 aliphatic heterocycles. The monoisotopic (exact) mass is 316 g/mol. The van der Waals surface area contributed by atoms with E-state index in [2.05, 4.69) is 55.1 Å². The summed E-state index contributed by atoms with van der Waals surface area (Å²) in [4.78, 5) is 4.92.